The van der Waals surface area contributed by atoms with Crippen LogP contribution in [0.2, 0.25) is 0 Å². The van der Waals surface area contributed by atoms with Crippen molar-refractivity contribution in [3.8, 4) is 0 Å². The predicted molar refractivity (Wildman–Crippen MR) is 130 cm³/mol. The topological polar surface area (TPSA) is 119 Å². The minimum absolute atomic E-state index is 0.0763. The lowest BCUT2D eigenvalue weighted by Gasteiger charge is -2.24. The summed E-state index contributed by atoms with van der Waals surface area (Å²) < 4.78 is 16.7. The van der Waals surface area contributed by atoms with Gasteiger partial charge >= 0.3 is 0 Å². The molecule has 0 spiro atoms. The van der Waals surface area contributed by atoms with Gasteiger partial charge in [0, 0.05) is 11.8 Å². The van der Waals surface area contributed by atoms with E-state index >= 15 is 0 Å². The summed E-state index contributed by atoms with van der Waals surface area (Å²) in [6.45, 7) is 1.68. The van der Waals surface area contributed by atoms with E-state index in [0.717, 1.165) is 16.5 Å². The number of anilines is 2. The number of halogens is 2. The van der Waals surface area contributed by atoms with E-state index in [-0.39, 0.29) is 25.4 Å². The summed E-state index contributed by atoms with van der Waals surface area (Å²) in [6.07, 6.45) is -0.0273. The number of aryl methyl sites for hydroxylation is 1. The number of fused-ring (bicyclic) bond motifs is 3. The third-order valence-corrected chi connectivity index (χ3v) is 6.40. The number of likely N-dealkylation sites (tertiary alicyclic amines) is 1. The van der Waals surface area contributed by atoms with E-state index in [9.17, 15) is 14.0 Å². The number of rotatable bonds is 4. The fourth-order valence-electron chi connectivity index (χ4n) is 4.43. The second-order valence-electron chi connectivity index (χ2n) is 8.29. The smallest absolute Gasteiger partial charge is 0.248 e. The second-order valence-corrected chi connectivity index (χ2v) is 9.11. The van der Waals surface area contributed by atoms with Gasteiger partial charge in [-0.05, 0) is 47.1 Å². The lowest BCUT2D eigenvalue weighted by atomic mass is 10.1. The van der Waals surface area contributed by atoms with Crippen LogP contribution in [0.15, 0.2) is 47.3 Å². The summed E-state index contributed by atoms with van der Waals surface area (Å²) in [4.78, 5) is 40.2. The molecule has 174 valence electrons. The van der Waals surface area contributed by atoms with Crippen molar-refractivity contribution < 1.29 is 14.0 Å². The Hall–Kier alpha value is -3.60. The Morgan fingerprint density at radius 1 is 1.26 bits per heavy atom. The molecule has 1 saturated heterocycles. The van der Waals surface area contributed by atoms with Gasteiger partial charge in [0.2, 0.25) is 11.8 Å². The standard InChI is InChI=1S/C23H21BrFN7O2/c1-12-5-6-15-14(7-12)20-21(26)27-11-28-22(20)32(15)10-19(33)31-9-13(25)8-16(31)23(34)30-18-4-2-3-17(24)29-18/h2-7,11,13,16H,8-10H2,1H3,(H2,26,27,28)(H,29,30,34)/t13-,16+/m1/s1. The number of hydrogen-bond donors (Lipinski definition) is 2. The fourth-order valence-corrected chi connectivity index (χ4v) is 4.78. The van der Waals surface area contributed by atoms with Crippen LogP contribution >= 0.6 is 15.9 Å². The molecule has 5 rings (SSSR count). The molecule has 0 unspecified atom stereocenters. The molecular weight excluding hydrogens is 505 g/mol. The Kier molecular flexibility index (Phi) is 5.64. The quantitative estimate of drug-likeness (QED) is 0.395. The normalized spacial score (nSPS) is 18.0. The minimum atomic E-state index is -1.30. The Morgan fingerprint density at radius 2 is 2.09 bits per heavy atom. The summed E-state index contributed by atoms with van der Waals surface area (Å²) in [6, 6.07) is 9.92. The zero-order chi connectivity index (χ0) is 24.0. The maximum absolute atomic E-state index is 14.4. The first kappa shape index (κ1) is 22.2. The van der Waals surface area contributed by atoms with Crippen LogP contribution in [0.4, 0.5) is 16.0 Å². The molecule has 3 aromatic heterocycles. The van der Waals surface area contributed by atoms with Gasteiger partial charge in [-0.1, -0.05) is 17.7 Å². The van der Waals surface area contributed by atoms with E-state index in [1.165, 1.54) is 11.2 Å². The predicted octanol–water partition coefficient (Wildman–Crippen LogP) is 3.21. The first-order valence-electron chi connectivity index (χ1n) is 10.7. The first-order valence-corrected chi connectivity index (χ1v) is 11.5. The average molecular weight is 526 g/mol. The molecule has 2 amide bonds. The van der Waals surface area contributed by atoms with Crippen molar-refractivity contribution in [2.75, 3.05) is 17.6 Å². The van der Waals surface area contributed by atoms with Crippen LogP contribution in [0.25, 0.3) is 21.9 Å². The maximum Gasteiger partial charge on any atom is 0.248 e. The van der Waals surface area contributed by atoms with Crippen LogP contribution in [0.5, 0.6) is 0 Å². The third kappa shape index (κ3) is 3.96. The zero-order valence-electron chi connectivity index (χ0n) is 18.2. The van der Waals surface area contributed by atoms with E-state index < -0.39 is 18.1 Å². The van der Waals surface area contributed by atoms with Gasteiger partial charge in [-0.3, -0.25) is 9.59 Å². The van der Waals surface area contributed by atoms with E-state index in [1.54, 1.807) is 22.8 Å². The number of nitrogen functional groups attached to an aromatic ring is 1. The van der Waals surface area contributed by atoms with Gasteiger partial charge in [0.25, 0.3) is 0 Å². The average Bonchev–Trinajstić information content (AvgIpc) is 3.33. The maximum atomic E-state index is 14.4. The molecule has 0 aliphatic carbocycles. The molecule has 3 N–H and O–H groups in total. The molecule has 0 saturated carbocycles. The van der Waals surface area contributed by atoms with Gasteiger partial charge in [-0.25, -0.2) is 19.3 Å². The van der Waals surface area contributed by atoms with Gasteiger partial charge in [-0.2, -0.15) is 0 Å². The molecule has 11 heteroatoms. The lowest BCUT2D eigenvalue weighted by Crippen LogP contribution is -2.44. The number of aromatic nitrogens is 4. The van der Waals surface area contributed by atoms with Gasteiger partial charge in [0.15, 0.2) is 0 Å². The summed E-state index contributed by atoms with van der Waals surface area (Å²) in [7, 11) is 0. The number of hydrogen-bond acceptors (Lipinski definition) is 6. The summed E-state index contributed by atoms with van der Waals surface area (Å²) in [5, 5.41) is 4.17. The van der Waals surface area contributed by atoms with Crippen molar-refractivity contribution in [3.63, 3.8) is 0 Å². The van der Waals surface area contributed by atoms with E-state index in [0.29, 0.717) is 27.3 Å². The monoisotopic (exact) mass is 525 g/mol. The highest BCUT2D eigenvalue weighted by molar-refractivity contribution is 9.10. The largest absolute Gasteiger partial charge is 0.383 e. The Bertz CT molecular complexity index is 1440. The van der Waals surface area contributed by atoms with Gasteiger partial charge in [0.05, 0.1) is 17.4 Å². The third-order valence-electron chi connectivity index (χ3n) is 5.96. The highest BCUT2D eigenvalue weighted by Crippen LogP contribution is 2.32. The molecule has 2 atom stereocenters. The molecule has 4 aromatic rings. The molecule has 1 aliphatic heterocycles. The first-order chi connectivity index (χ1) is 16.3. The van der Waals surface area contributed by atoms with Crippen molar-refractivity contribution in [1.29, 1.82) is 0 Å². The Morgan fingerprint density at radius 3 is 2.88 bits per heavy atom. The zero-order valence-corrected chi connectivity index (χ0v) is 19.8. The number of alkyl halides is 1. The summed E-state index contributed by atoms with van der Waals surface area (Å²) in [5.41, 5.74) is 8.43. The molecule has 1 aromatic carbocycles. The molecule has 9 nitrogen and oxygen atoms in total. The number of nitrogens with two attached hydrogens (primary N) is 1. The highest BCUT2D eigenvalue weighted by Gasteiger charge is 2.40. The van der Waals surface area contributed by atoms with Crippen molar-refractivity contribution >= 4 is 61.3 Å². The van der Waals surface area contributed by atoms with Crippen LogP contribution in [-0.4, -0.2) is 55.0 Å². The Labute approximate surface area is 202 Å². The number of benzene rings is 1. The fraction of sp³-hybridized carbons (Fsp3) is 0.261. The summed E-state index contributed by atoms with van der Waals surface area (Å²) >= 11 is 3.25. The molecule has 1 aliphatic rings. The van der Waals surface area contributed by atoms with Crippen LogP contribution in [0.3, 0.4) is 0 Å². The number of pyridine rings is 1. The Balaban J connectivity index is 1.46. The van der Waals surface area contributed by atoms with Crippen LogP contribution in [0.1, 0.15) is 12.0 Å². The second kappa shape index (κ2) is 8.64. The van der Waals surface area contributed by atoms with Gasteiger partial charge in [-0.15, -0.1) is 0 Å². The molecule has 4 heterocycles. The number of nitrogens with one attached hydrogen (secondary N) is 1. The van der Waals surface area contributed by atoms with Gasteiger partial charge < -0.3 is 20.5 Å². The molecule has 1 fully saturated rings. The van der Waals surface area contributed by atoms with Crippen molar-refractivity contribution in [2.45, 2.75) is 32.1 Å². The minimum Gasteiger partial charge on any atom is -0.383 e. The van der Waals surface area contributed by atoms with E-state index in [2.05, 4.69) is 36.2 Å². The molecular formula is C23H21BrFN7O2. The highest BCUT2D eigenvalue weighted by atomic mass is 79.9. The molecule has 0 bridgehead atoms. The van der Waals surface area contributed by atoms with Crippen LogP contribution in [-0.2, 0) is 16.1 Å². The van der Waals surface area contributed by atoms with E-state index in [1.807, 2.05) is 25.1 Å². The SMILES string of the molecule is Cc1ccc2c(c1)c1c(N)ncnc1n2CC(=O)N1C[C@H](F)C[C@H]1C(=O)Nc1cccc(Br)n1. The summed E-state index contributed by atoms with van der Waals surface area (Å²) in [5.74, 6) is -0.239. The number of carbonyl (C=O) groups is 2. The van der Waals surface area contributed by atoms with Crippen LogP contribution < -0.4 is 11.1 Å². The van der Waals surface area contributed by atoms with Crippen molar-refractivity contribution in [2.24, 2.45) is 0 Å². The van der Waals surface area contributed by atoms with E-state index in [4.69, 9.17) is 5.73 Å². The van der Waals surface area contributed by atoms with Crippen molar-refractivity contribution in [1.82, 2.24) is 24.4 Å². The van der Waals surface area contributed by atoms with Crippen molar-refractivity contribution in [3.05, 3.63) is 52.9 Å². The molecule has 0 radical (unpaired) electrons. The molecule has 34 heavy (non-hydrogen) atoms. The van der Waals surface area contributed by atoms with Crippen LogP contribution in [0, 0.1) is 6.92 Å². The number of amides is 2. The number of nitrogens with zero attached hydrogens (tertiary/aromatic N) is 5. The van der Waals surface area contributed by atoms with Gasteiger partial charge in [0.1, 0.15) is 47.0 Å². The lowest BCUT2D eigenvalue weighted by molar-refractivity contribution is -0.137. The number of carbonyl (C=O) groups excluding carboxylic acids is 2.